The van der Waals surface area contributed by atoms with E-state index in [9.17, 15) is 10.1 Å². The van der Waals surface area contributed by atoms with Gasteiger partial charge in [0, 0.05) is 25.3 Å². The molecule has 6 nitrogen and oxygen atoms in total. The Bertz CT molecular complexity index is 449. The van der Waals surface area contributed by atoms with Crippen LogP contribution in [-0.2, 0) is 4.74 Å². The molecule has 0 aromatic rings. The van der Waals surface area contributed by atoms with Crippen LogP contribution in [0.1, 0.15) is 6.42 Å². The van der Waals surface area contributed by atoms with Crippen molar-refractivity contribution >= 4 is 0 Å². The molecule has 3 heterocycles. The van der Waals surface area contributed by atoms with Crippen molar-refractivity contribution in [2.24, 2.45) is 0 Å². The zero-order valence-corrected chi connectivity index (χ0v) is 9.99. The second kappa shape index (κ2) is 4.57. The molecule has 1 atom stereocenters. The molecular formula is C12H15N3O3. The van der Waals surface area contributed by atoms with Crippen LogP contribution < -0.4 is 0 Å². The summed E-state index contributed by atoms with van der Waals surface area (Å²) in [6, 6.07) is 0.847. The number of likely N-dealkylation sites (tertiary alicyclic amines) is 1. The Morgan fingerprint density at radius 1 is 1.44 bits per heavy atom. The van der Waals surface area contributed by atoms with Gasteiger partial charge in [-0.05, 0) is 6.42 Å². The second-order valence-corrected chi connectivity index (χ2v) is 4.83. The summed E-state index contributed by atoms with van der Waals surface area (Å²) in [5, 5.41) is 10.7. The molecule has 0 N–H and O–H groups in total. The number of hydrogen-bond acceptors (Lipinski definition) is 5. The van der Waals surface area contributed by atoms with Gasteiger partial charge >= 0.3 is 0 Å². The number of rotatable bonds is 3. The van der Waals surface area contributed by atoms with E-state index in [1.165, 1.54) is 6.08 Å². The fourth-order valence-electron chi connectivity index (χ4n) is 2.52. The summed E-state index contributed by atoms with van der Waals surface area (Å²) in [7, 11) is 0. The minimum Gasteiger partial charge on any atom is -0.378 e. The van der Waals surface area contributed by atoms with Crippen LogP contribution in [0.25, 0.3) is 0 Å². The van der Waals surface area contributed by atoms with E-state index in [2.05, 4.69) is 10.6 Å². The molecule has 0 saturated carbocycles. The van der Waals surface area contributed by atoms with Crippen molar-refractivity contribution in [3.8, 4) is 0 Å². The van der Waals surface area contributed by atoms with Gasteiger partial charge in [-0.25, -0.2) is 0 Å². The smallest absolute Gasteiger partial charge is 0.293 e. The molecule has 6 heteroatoms. The zero-order valence-electron chi connectivity index (χ0n) is 9.99. The van der Waals surface area contributed by atoms with Crippen LogP contribution in [0.2, 0.25) is 0 Å². The van der Waals surface area contributed by atoms with Crippen LogP contribution in [0.15, 0.2) is 29.9 Å². The highest BCUT2D eigenvalue weighted by Crippen LogP contribution is 2.23. The Hall–Kier alpha value is -1.62. The summed E-state index contributed by atoms with van der Waals surface area (Å²) in [5.41, 5.74) is 2.94. The van der Waals surface area contributed by atoms with Crippen molar-refractivity contribution in [2.75, 3.05) is 26.3 Å². The summed E-state index contributed by atoms with van der Waals surface area (Å²) >= 11 is 0. The van der Waals surface area contributed by atoms with E-state index < -0.39 is 0 Å². The van der Waals surface area contributed by atoms with E-state index in [-0.39, 0.29) is 10.6 Å². The Morgan fingerprint density at radius 3 is 2.94 bits per heavy atom. The number of nitrogens with zero attached hydrogens (tertiary/aromatic N) is 3. The van der Waals surface area contributed by atoms with Crippen molar-refractivity contribution in [3.63, 3.8) is 0 Å². The summed E-state index contributed by atoms with van der Waals surface area (Å²) in [4.78, 5) is 14.7. The van der Waals surface area contributed by atoms with Gasteiger partial charge in [-0.2, -0.15) is 0 Å². The first-order chi connectivity index (χ1) is 8.74. The molecule has 2 saturated heterocycles. The van der Waals surface area contributed by atoms with Crippen molar-refractivity contribution in [1.82, 2.24) is 9.80 Å². The van der Waals surface area contributed by atoms with Gasteiger partial charge in [0.1, 0.15) is 0 Å². The van der Waals surface area contributed by atoms with Gasteiger partial charge < -0.3 is 9.64 Å². The van der Waals surface area contributed by atoms with Crippen molar-refractivity contribution in [2.45, 2.75) is 18.5 Å². The Kier molecular flexibility index (Phi) is 2.91. The molecule has 0 amide bonds. The lowest BCUT2D eigenvalue weighted by molar-refractivity contribution is -0.420. The molecule has 0 unspecified atom stereocenters. The van der Waals surface area contributed by atoms with Gasteiger partial charge in [0.25, 0.3) is 5.70 Å². The topological polar surface area (TPSA) is 58.9 Å². The third-order valence-corrected chi connectivity index (χ3v) is 3.70. The standard InChI is InChI=1S/C12H15N3O3/c16-15(17)11-2-1-4-13(7-11)10-3-5-14(6-10)12-8-18-9-12/h2,4,7,10,12H,3,5-6,8-9H2/t10-/m0/s1. The van der Waals surface area contributed by atoms with E-state index in [0.29, 0.717) is 12.1 Å². The third kappa shape index (κ3) is 2.06. The maximum absolute atomic E-state index is 10.7. The van der Waals surface area contributed by atoms with Crippen molar-refractivity contribution < 1.29 is 9.66 Å². The van der Waals surface area contributed by atoms with Crippen LogP contribution in [0.5, 0.6) is 0 Å². The highest BCUT2D eigenvalue weighted by molar-refractivity contribution is 5.17. The zero-order chi connectivity index (χ0) is 12.5. The molecule has 0 aromatic heterocycles. The molecule has 0 aliphatic carbocycles. The molecule has 0 aromatic carbocycles. The molecular weight excluding hydrogens is 234 g/mol. The first kappa shape index (κ1) is 11.5. The van der Waals surface area contributed by atoms with Crippen LogP contribution in [0.3, 0.4) is 0 Å². The average molecular weight is 249 g/mol. The minimum atomic E-state index is -0.376. The van der Waals surface area contributed by atoms with Gasteiger partial charge in [-0.3, -0.25) is 15.0 Å². The molecule has 0 bridgehead atoms. The maximum Gasteiger partial charge on any atom is 0.293 e. The fourth-order valence-corrected chi connectivity index (χ4v) is 2.52. The number of allylic oxidation sites excluding steroid dienone is 1. The molecule has 0 spiro atoms. The minimum absolute atomic E-state index is 0.0999. The molecule has 3 aliphatic heterocycles. The largest absolute Gasteiger partial charge is 0.378 e. The third-order valence-electron chi connectivity index (χ3n) is 3.70. The number of nitro groups is 1. The van der Waals surface area contributed by atoms with E-state index in [0.717, 1.165) is 32.7 Å². The van der Waals surface area contributed by atoms with E-state index in [4.69, 9.17) is 4.74 Å². The highest BCUT2D eigenvalue weighted by atomic mass is 16.6. The maximum atomic E-state index is 10.7. The molecule has 3 rings (SSSR count). The number of ether oxygens (including phenoxy) is 1. The van der Waals surface area contributed by atoms with Crippen LogP contribution >= 0.6 is 0 Å². The van der Waals surface area contributed by atoms with Gasteiger partial charge in [0.15, 0.2) is 0 Å². The Labute approximate surface area is 105 Å². The summed E-state index contributed by atoms with van der Waals surface area (Å²) < 4.78 is 5.19. The first-order valence-corrected chi connectivity index (χ1v) is 6.12. The first-order valence-electron chi connectivity index (χ1n) is 6.12. The van der Waals surface area contributed by atoms with Crippen LogP contribution in [0, 0.1) is 10.1 Å². The van der Waals surface area contributed by atoms with Crippen LogP contribution in [0.4, 0.5) is 0 Å². The van der Waals surface area contributed by atoms with Gasteiger partial charge in [0.05, 0.1) is 36.5 Å². The fraction of sp³-hybridized carbons (Fsp3) is 0.583. The molecule has 18 heavy (non-hydrogen) atoms. The van der Waals surface area contributed by atoms with Crippen LogP contribution in [-0.4, -0.2) is 53.1 Å². The summed E-state index contributed by atoms with van der Waals surface area (Å²) in [6.45, 7) is 3.61. The molecule has 3 aliphatic rings. The lowest BCUT2D eigenvalue weighted by Crippen LogP contribution is -2.48. The molecule has 96 valence electrons. The number of hydrogen-bond donors (Lipinski definition) is 0. The van der Waals surface area contributed by atoms with E-state index in [1.807, 2.05) is 4.90 Å². The predicted octanol–water partition coefficient (Wildman–Crippen LogP) is 0.562. The normalized spacial score (nSPS) is 28.3. The summed E-state index contributed by atoms with van der Waals surface area (Å²) in [5.74, 6) is 0. The molecule has 0 radical (unpaired) electrons. The average Bonchev–Trinajstić information content (AvgIpc) is 2.76. The quantitative estimate of drug-likeness (QED) is 0.415. The van der Waals surface area contributed by atoms with Gasteiger partial charge in [-0.15, -0.1) is 0 Å². The Morgan fingerprint density at radius 2 is 2.28 bits per heavy atom. The SMILES string of the molecule is O=[N+]([O-])C1=CN([C@H]2CCN(C3COC3)C2)C=C=C1. The lowest BCUT2D eigenvalue weighted by atomic mass is 10.2. The van der Waals surface area contributed by atoms with Gasteiger partial charge in [-0.1, -0.05) is 5.73 Å². The summed E-state index contributed by atoms with van der Waals surface area (Å²) in [6.07, 6.45) is 5.82. The highest BCUT2D eigenvalue weighted by Gasteiger charge is 2.34. The molecule has 2 fully saturated rings. The Balaban J connectivity index is 1.66. The van der Waals surface area contributed by atoms with E-state index >= 15 is 0 Å². The van der Waals surface area contributed by atoms with E-state index in [1.54, 1.807) is 12.4 Å². The van der Waals surface area contributed by atoms with Crippen molar-refractivity contribution in [1.29, 1.82) is 0 Å². The monoisotopic (exact) mass is 249 g/mol. The predicted molar refractivity (Wildman–Crippen MR) is 64.2 cm³/mol. The van der Waals surface area contributed by atoms with Gasteiger partial charge in [0.2, 0.25) is 0 Å². The van der Waals surface area contributed by atoms with Crippen molar-refractivity contribution in [3.05, 3.63) is 40.0 Å². The lowest BCUT2D eigenvalue weighted by Gasteiger charge is -2.35. The second-order valence-electron chi connectivity index (χ2n) is 4.83.